The highest BCUT2D eigenvalue weighted by molar-refractivity contribution is 6.69. The Morgan fingerprint density at radius 2 is 1.28 bits per heavy atom. The zero-order chi connectivity index (χ0) is 28.2. The molecule has 0 aliphatic rings. The van der Waals surface area contributed by atoms with E-state index in [1.165, 1.54) is 77.0 Å². The number of hydrogen-bond donors (Lipinski definition) is 0. The van der Waals surface area contributed by atoms with E-state index in [9.17, 15) is 27.6 Å². The largest absolute Gasteiger partial charge is 0.471 e. The molecule has 0 saturated heterocycles. The maximum atomic E-state index is 13.4. The van der Waals surface area contributed by atoms with Crippen LogP contribution in [0.2, 0.25) is 19.6 Å². The van der Waals surface area contributed by atoms with Crippen molar-refractivity contribution in [2.45, 2.75) is 58.2 Å². The summed E-state index contributed by atoms with van der Waals surface area (Å²) in [5.41, 5.74) is -0.921. The highest BCUT2D eigenvalue weighted by Crippen LogP contribution is 2.34. The van der Waals surface area contributed by atoms with Crippen molar-refractivity contribution in [3.8, 4) is 11.5 Å². The molecule has 0 radical (unpaired) electrons. The SMILES string of the molecule is CN(C)C(=O)Oc1cc(OC(=O)N(C)C)cc(C(CN(C(=O)C(F)(F)F)C(C)(C)C)O[Si](C)(C)C)c1. The number of ether oxygens (including phenoxy) is 2. The molecule has 1 aromatic carbocycles. The Kier molecular flexibility index (Phi) is 9.98. The van der Waals surface area contributed by atoms with E-state index >= 15 is 0 Å². The highest BCUT2D eigenvalue weighted by atomic mass is 28.4. The van der Waals surface area contributed by atoms with Crippen LogP contribution in [0.5, 0.6) is 11.5 Å². The predicted molar refractivity (Wildman–Crippen MR) is 131 cm³/mol. The molecule has 36 heavy (non-hydrogen) atoms. The number of amides is 3. The van der Waals surface area contributed by atoms with Gasteiger partial charge in [-0.2, -0.15) is 13.2 Å². The molecule has 0 heterocycles. The smallest absolute Gasteiger partial charge is 0.410 e. The minimum Gasteiger partial charge on any atom is -0.410 e. The predicted octanol–water partition coefficient (Wildman–Crippen LogP) is 4.89. The van der Waals surface area contributed by atoms with Gasteiger partial charge < -0.3 is 28.6 Å². The van der Waals surface area contributed by atoms with Crippen molar-refractivity contribution in [3.63, 3.8) is 0 Å². The third-order valence-electron chi connectivity index (χ3n) is 4.56. The van der Waals surface area contributed by atoms with Gasteiger partial charge in [0.25, 0.3) is 0 Å². The molecule has 1 rings (SSSR count). The summed E-state index contributed by atoms with van der Waals surface area (Å²) in [6, 6.07) is 4.14. The molecule has 1 aromatic rings. The average Bonchev–Trinajstić information content (AvgIpc) is 2.67. The van der Waals surface area contributed by atoms with Gasteiger partial charge in [0.1, 0.15) is 11.5 Å². The van der Waals surface area contributed by atoms with Crippen LogP contribution in [0.4, 0.5) is 22.8 Å². The highest BCUT2D eigenvalue weighted by Gasteiger charge is 2.46. The van der Waals surface area contributed by atoms with Gasteiger partial charge in [0.2, 0.25) is 0 Å². The second kappa shape index (κ2) is 11.5. The van der Waals surface area contributed by atoms with E-state index in [0.717, 1.165) is 0 Å². The fourth-order valence-electron chi connectivity index (χ4n) is 2.90. The Hall–Kier alpha value is -2.80. The van der Waals surface area contributed by atoms with Gasteiger partial charge in [0, 0.05) is 39.8 Å². The topological polar surface area (TPSA) is 88.6 Å². The third-order valence-corrected chi connectivity index (χ3v) is 5.55. The molecule has 1 atom stereocenters. The van der Waals surface area contributed by atoms with Gasteiger partial charge in [-0.25, -0.2) is 9.59 Å². The van der Waals surface area contributed by atoms with Gasteiger partial charge in [-0.3, -0.25) is 4.79 Å². The van der Waals surface area contributed by atoms with Crippen LogP contribution in [0, 0.1) is 0 Å². The summed E-state index contributed by atoms with van der Waals surface area (Å²) < 4.78 is 57.2. The van der Waals surface area contributed by atoms with Gasteiger partial charge in [-0.1, -0.05) is 0 Å². The molecular weight excluding hydrogens is 499 g/mol. The molecule has 204 valence electrons. The molecule has 13 heteroatoms. The molecular formula is C23H36F3N3O6Si. The van der Waals surface area contributed by atoms with Crippen molar-refractivity contribution < 1.29 is 41.5 Å². The Labute approximate surface area is 211 Å². The molecule has 0 spiro atoms. The lowest BCUT2D eigenvalue weighted by atomic mass is 10.0. The first-order valence-electron chi connectivity index (χ1n) is 11.1. The normalized spacial score (nSPS) is 13.0. The molecule has 0 aromatic heterocycles. The number of halogens is 3. The van der Waals surface area contributed by atoms with Crippen LogP contribution in [0.1, 0.15) is 32.4 Å². The van der Waals surface area contributed by atoms with Gasteiger partial charge in [-0.15, -0.1) is 0 Å². The van der Waals surface area contributed by atoms with Gasteiger partial charge in [0.15, 0.2) is 8.32 Å². The summed E-state index contributed by atoms with van der Waals surface area (Å²) in [5.74, 6) is -2.03. The monoisotopic (exact) mass is 535 g/mol. The molecule has 3 amide bonds. The fourth-order valence-corrected chi connectivity index (χ4v) is 3.96. The van der Waals surface area contributed by atoms with E-state index in [4.69, 9.17) is 13.9 Å². The van der Waals surface area contributed by atoms with E-state index in [1.807, 2.05) is 19.6 Å². The van der Waals surface area contributed by atoms with Crippen molar-refractivity contribution in [1.82, 2.24) is 14.7 Å². The zero-order valence-corrected chi connectivity index (χ0v) is 23.4. The van der Waals surface area contributed by atoms with Crippen LogP contribution in [0.25, 0.3) is 0 Å². The lowest BCUT2D eigenvalue weighted by Gasteiger charge is -2.40. The van der Waals surface area contributed by atoms with E-state index < -0.39 is 50.8 Å². The average molecular weight is 536 g/mol. The maximum Gasteiger partial charge on any atom is 0.471 e. The molecule has 0 aliphatic heterocycles. The van der Waals surface area contributed by atoms with E-state index in [0.29, 0.717) is 4.90 Å². The molecule has 0 fully saturated rings. The van der Waals surface area contributed by atoms with Crippen molar-refractivity contribution in [2.24, 2.45) is 0 Å². The van der Waals surface area contributed by atoms with Crippen LogP contribution in [-0.2, 0) is 9.22 Å². The van der Waals surface area contributed by atoms with E-state index in [-0.39, 0.29) is 17.1 Å². The fraction of sp³-hybridized carbons (Fsp3) is 0.609. The summed E-state index contributed by atoms with van der Waals surface area (Å²) in [4.78, 5) is 39.7. The number of carbonyl (C=O) groups is 3. The second-order valence-corrected chi connectivity index (χ2v) is 15.0. The van der Waals surface area contributed by atoms with Crippen molar-refractivity contribution in [3.05, 3.63) is 23.8 Å². The molecule has 9 nitrogen and oxygen atoms in total. The van der Waals surface area contributed by atoms with E-state index in [2.05, 4.69) is 0 Å². The first-order valence-corrected chi connectivity index (χ1v) is 14.5. The van der Waals surface area contributed by atoms with Crippen molar-refractivity contribution in [2.75, 3.05) is 34.7 Å². The Bertz CT molecular complexity index is 916. The number of rotatable bonds is 7. The minimum absolute atomic E-state index is 0.0126. The Morgan fingerprint density at radius 1 is 0.861 bits per heavy atom. The molecule has 0 saturated carbocycles. The first kappa shape index (κ1) is 31.2. The quantitative estimate of drug-likeness (QED) is 0.462. The van der Waals surface area contributed by atoms with Crippen molar-refractivity contribution in [1.29, 1.82) is 0 Å². The Morgan fingerprint density at radius 3 is 1.58 bits per heavy atom. The van der Waals surface area contributed by atoms with Crippen LogP contribution in [0.3, 0.4) is 0 Å². The Balaban J connectivity index is 3.66. The van der Waals surface area contributed by atoms with Gasteiger partial charge in [-0.05, 0) is 58.1 Å². The van der Waals surface area contributed by atoms with Crippen LogP contribution in [-0.4, -0.2) is 87.6 Å². The maximum absolute atomic E-state index is 13.4. The van der Waals surface area contributed by atoms with Crippen molar-refractivity contribution >= 4 is 26.4 Å². The van der Waals surface area contributed by atoms with Crippen LogP contribution >= 0.6 is 0 Å². The van der Waals surface area contributed by atoms with Crippen LogP contribution < -0.4 is 9.47 Å². The minimum atomic E-state index is -5.09. The number of benzene rings is 1. The zero-order valence-electron chi connectivity index (χ0n) is 22.4. The summed E-state index contributed by atoms with van der Waals surface area (Å²) in [7, 11) is 3.49. The molecule has 0 aliphatic carbocycles. The molecule has 1 unspecified atom stereocenters. The summed E-state index contributed by atoms with van der Waals surface area (Å²) in [6.07, 6.45) is -7.57. The summed E-state index contributed by atoms with van der Waals surface area (Å²) in [6.45, 7) is 9.55. The molecule has 0 N–H and O–H groups in total. The third kappa shape index (κ3) is 9.68. The first-order chi connectivity index (χ1) is 16.1. The van der Waals surface area contributed by atoms with Gasteiger partial charge >= 0.3 is 24.3 Å². The van der Waals surface area contributed by atoms with Gasteiger partial charge in [0.05, 0.1) is 12.6 Å². The number of carbonyl (C=O) groups excluding carboxylic acids is 3. The molecule has 0 bridgehead atoms. The van der Waals surface area contributed by atoms with Crippen LogP contribution in [0.15, 0.2) is 18.2 Å². The number of nitrogens with zero attached hydrogens (tertiary/aromatic N) is 3. The standard InChI is InChI=1S/C23H36F3N3O6Si/c1-22(2,3)29(19(30)23(24,25)26)14-18(35-36(8,9)10)15-11-16(33-20(31)27(4)5)13-17(12-15)34-21(32)28(6)7/h11-13,18H,14H2,1-10H3. The summed E-state index contributed by atoms with van der Waals surface area (Å²) >= 11 is 0. The van der Waals surface area contributed by atoms with E-state index in [1.54, 1.807) is 0 Å². The summed E-state index contributed by atoms with van der Waals surface area (Å²) in [5, 5.41) is 0. The lowest BCUT2D eigenvalue weighted by molar-refractivity contribution is -0.191. The second-order valence-electron chi connectivity index (χ2n) is 10.6. The lowest BCUT2D eigenvalue weighted by Crippen LogP contribution is -2.53. The number of hydrogen-bond acceptors (Lipinski definition) is 6. The number of alkyl halides is 3.